The van der Waals surface area contributed by atoms with Crippen LogP contribution in [0.3, 0.4) is 0 Å². The van der Waals surface area contributed by atoms with E-state index in [1.165, 1.54) is 28.8 Å². The summed E-state index contributed by atoms with van der Waals surface area (Å²) in [6, 6.07) is 13.6. The lowest BCUT2D eigenvalue weighted by atomic mass is 10.2. The van der Waals surface area contributed by atoms with E-state index in [0.29, 0.717) is 19.9 Å². The first kappa shape index (κ1) is 15.1. The third kappa shape index (κ3) is 3.02. The topological polar surface area (TPSA) is 40.5 Å². The second kappa shape index (κ2) is 6.12. The fourth-order valence-electron chi connectivity index (χ4n) is 2.00. The summed E-state index contributed by atoms with van der Waals surface area (Å²) < 4.78 is 0.468. The number of aromatic hydroxyl groups is 1. The van der Waals surface area contributed by atoms with Gasteiger partial charge >= 0.3 is 0 Å². The molecule has 110 valence electrons. The van der Waals surface area contributed by atoms with Gasteiger partial charge in [0.2, 0.25) is 0 Å². The van der Waals surface area contributed by atoms with E-state index in [2.05, 4.69) is 0 Å². The molecule has 0 aromatic heterocycles. The van der Waals surface area contributed by atoms with Crippen LogP contribution in [0.2, 0.25) is 5.02 Å². The number of halogens is 1. The summed E-state index contributed by atoms with van der Waals surface area (Å²) in [6.07, 6.45) is 1.79. The summed E-state index contributed by atoms with van der Waals surface area (Å²) in [6.45, 7) is 0. The lowest BCUT2D eigenvalue weighted by Crippen LogP contribution is -2.27. The van der Waals surface area contributed by atoms with Gasteiger partial charge in [0.05, 0.1) is 10.6 Å². The summed E-state index contributed by atoms with van der Waals surface area (Å²) in [7, 11) is 0. The van der Waals surface area contributed by atoms with Crippen molar-refractivity contribution in [3.63, 3.8) is 0 Å². The second-order valence-electron chi connectivity index (χ2n) is 4.59. The number of hydrogen-bond acceptors (Lipinski definition) is 4. The fraction of sp³-hybridized carbons (Fsp3) is 0. The third-order valence-electron chi connectivity index (χ3n) is 3.07. The quantitative estimate of drug-likeness (QED) is 0.643. The Bertz CT molecular complexity index is 770. The van der Waals surface area contributed by atoms with Crippen molar-refractivity contribution >= 4 is 57.6 Å². The Balaban J connectivity index is 1.91. The lowest BCUT2D eigenvalue weighted by Gasteiger charge is -2.14. The third-order valence-corrected chi connectivity index (χ3v) is 4.62. The number of phenolic OH excluding ortho intramolecular Hbond substituents is 1. The summed E-state index contributed by atoms with van der Waals surface area (Å²) in [5.74, 6) is -0.0264. The molecule has 0 bridgehead atoms. The number of anilines is 1. The van der Waals surface area contributed by atoms with E-state index < -0.39 is 0 Å². The molecule has 1 amide bonds. The monoisotopic (exact) mass is 347 g/mol. The molecule has 2 aromatic carbocycles. The second-order valence-corrected chi connectivity index (χ2v) is 6.70. The van der Waals surface area contributed by atoms with Crippen LogP contribution in [-0.4, -0.2) is 15.3 Å². The molecule has 3 rings (SSSR count). The Morgan fingerprint density at radius 1 is 1.09 bits per heavy atom. The normalized spacial score (nSPS) is 16.6. The van der Waals surface area contributed by atoms with Crippen LogP contribution in [-0.2, 0) is 4.79 Å². The van der Waals surface area contributed by atoms with Gasteiger partial charge in [-0.25, -0.2) is 0 Å². The number of nitrogens with zero attached hydrogens (tertiary/aromatic N) is 1. The van der Waals surface area contributed by atoms with Gasteiger partial charge in [-0.3, -0.25) is 9.69 Å². The standard InChI is InChI=1S/C16H10ClNO2S2/c17-11-3-1-10(2-4-11)9-14-15(20)18(16(21)22-14)12-5-7-13(19)8-6-12/h1-9,19H. The van der Waals surface area contributed by atoms with Crippen LogP contribution in [0, 0.1) is 0 Å². The van der Waals surface area contributed by atoms with Gasteiger partial charge in [-0.2, -0.15) is 0 Å². The minimum absolute atomic E-state index is 0.144. The molecule has 3 nitrogen and oxygen atoms in total. The van der Waals surface area contributed by atoms with E-state index >= 15 is 0 Å². The predicted molar refractivity (Wildman–Crippen MR) is 95.2 cm³/mol. The Labute approximate surface area is 142 Å². The van der Waals surface area contributed by atoms with E-state index in [1.807, 2.05) is 12.1 Å². The lowest BCUT2D eigenvalue weighted by molar-refractivity contribution is -0.113. The molecular formula is C16H10ClNO2S2. The molecule has 1 fully saturated rings. The molecule has 0 saturated carbocycles. The van der Waals surface area contributed by atoms with Gasteiger partial charge in [-0.1, -0.05) is 47.7 Å². The van der Waals surface area contributed by atoms with Crippen molar-refractivity contribution in [2.75, 3.05) is 4.90 Å². The van der Waals surface area contributed by atoms with Crippen LogP contribution >= 0.6 is 35.6 Å². The van der Waals surface area contributed by atoms with E-state index in [4.69, 9.17) is 23.8 Å². The predicted octanol–water partition coefficient (Wildman–Crippen LogP) is 4.45. The van der Waals surface area contributed by atoms with E-state index in [1.54, 1.807) is 30.3 Å². The van der Waals surface area contributed by atoms with Gasteiger partial charge in [0.1, 0.15) is 5.75 Å². The van der Waals surface area contributed by atoms with Crippen LogP contribution in [0.4, 0.5) is 5.69 Å². The first-order chi connectivity index (χ1) is 10.5. The van der Waals surface area contributed by atoms with Crippen molar-refractivity contribution in [2.24, 2.45) is 0 Å². The highest BCUT2D eigenvalue weighted by Gasteiger charge is 2.33. The molecule has 1 aliphatic rings. The number of rotatable bonds is 2. The summed E-state index contributed by atoms with van der Waals surface area (Å²) in [5.41, 5.74) is 1.52. The van der Waals surface area contributed by atoms with E-state index in [-0.39, 0.29) is 11.7 Å². The number of carbonyl (C=O) groups excluding carboxylic acids is 1. The highest BCUT2D eigenvalue weighted by molar-refractivity contribution is 8.27. The largest absolute Gasteiger partial charge is 0.508 e. The zero-order valence-corrected chi connectivity index (χ0v) is 13.6. The minimum atomic E-state index is -0.171. The average molecular weight is 348 g/mol. The Morgan fingerprint density at radius 3 is 2.36 bits per heavy atom. The number of phenols is 1. The number of benzene rings is 2. The molecule has 0 unspecified atom stereocenters. The molecule has 2 aromatic rings. The maximum Gasteiger partial charge on any atom is 0.270 e. The zero-order chi connectivity index (χ0) is 15.7. The Kier molecular flexibility index (Phi) is 4.20. The molecule has 6 heteroatoms. The van der Waals surface area contributed by atoms with Gasteiger partial charge in [0.15, 0.2) is 4.32 Å². The molecule has 0 spiro atoms. The SMILES string of the molecule is O=C1C(=Cc2ccc(Cl)cc2)SC(=S)N1c1ccc(O)cc1. The maximum absolute atomic E-state index is 12.5. The van der Waals surface area contributed by atoms with Gasteiger partial charge in [-0.05, 0) is 48.0 Å². The van der Waals surface area contributed by atoms with Crippen LogP contribution in [0.15, 0.2) is 53.4 Å². The average Bonchev–Trinajstić information content (AvgIpc) is 2.77. The number of hydrogen-bond donors (Lipinski definition) is 1. The highest BCUT2D eigenvalue weighted by atomic mass is 35.5. The highest BCUT2D eigenvalue weighted by Crippen LogP contribution is 2.36. The van der Waals surface area contributed by atoms with Crippen LogP contribution < -0.4 is 4.90 Å². The molecule has 0 atom stereocenters. The molecule has 1 heterocycles. The smallest absolute Gasteiger partial charge is 0.270 e. The van der Waals surface area contributed by atoms with Gasteiger partial charge in [0, 0.05) is 5.02 Å². The van der Waals surface area contributed by atoms with Crippen LogP contribution in [0.25, 0.3) is 6.08 Å². The fourth-order valence-corrected chi connectivity index (χ4v) is 3.43. The molecule has 0 aliphatic carbocycles. The van der Waals surface area contributed by atoms with Crippen molar-refractivity contribution in [1.29, 1.82) is 0 Å². The van der Waals surface area contributed by atoms with Gasteiger partial charge in [-0.15, -0.1) is 0 Å². The number of amides is 1. The summed E-state index contributed by atoms with van der Waals surface area (Å²) in [4.78, 5) is 14.5. The molecule has 1 aliphatic heterocycles. The van der Waals surface area contributed by atoms with Crippen molar-refractivity contribution in [3.8, 4) is 5.75 Å². The van der Waals surface area contributed by atoms with E-state index in [9.17, 15) is 9.90 Å². The molecule has 22 heavy (non-hydrogen) atoms. The minimum Gasteiger partial charge on any atom is -0.508 e. The van der Waals surface area contributed by atoms with E-state index in [0.717, 1.165) is 5.56 Å². The molecular weight excluding hydrogens is 338 g/mol. The first-order valence-corrected chi connectivity index (χ1v) is 7.97. The number of carbonyl (C=O) groups is 1. The first-order valence-electron chi connectivity index (χ1n) is 6.37. The molecule has 0 radical (unpaired) electrons. The van der Waals surface area contributed by atoms with Crippen LogP contribution in [0.1, 0.15) is 5.56 Å². The summed E-state index contributed by atoms with van der Waals surface area (Å²) in [5, 5.41) is 9.98. The number of thiocarbonyl (C=S) groups is 1. The van der Waals surface area contributed by atoms with Crippen molar-refractivity contribution < 1.29 is 9.90 Å². The van der Waals surface area contributed by atoms with Crippen LogP contribution in [0.5, 0.6) is 5.75 Å². The zero-order valence-electron chi connectivity index (χ0n) is 11.2. The van der Waals surface area contributed by atoms with Crippen molar-refractivity contribution in [2.45, 2.75) is 0 Å². The van der Waals surface area contributed by atoms with Gasteiger partial charge in [0.25, 0.3) is 5.91 Å². The van der Waals surface area contributed by atoms with Crippen molar-refractivity contribution in [1.82, 2.24) is 0 Å². The van der Waals surface area contributed by atoms with Gasteiger partial charge < -0.3 is 5.11 Å². The number of thioether (sulfide) groups is 1. The maximum atomic E-state index is 12.5. The molecule has 1 saturated heterocycles. The summed E-state index contributed by atoms with van der Waals surface area (Å²) >= 11 is 12.4. The molecule has 1 N–H and O–H groups in total. The Hall–Kier alpha value is -1.82. The Morgan fingerprint density at radius 2 is 1.73 bits per heavy atom. The van der Waals surface area contributed by atoms with Crippen molar-refractivity contribution in [3.05, 3.63) is 64.0 Å².